The minimum atomic E-state index is -0.300. The van der Waals surface area contributed by atoms with Gasteiger partial charge in [0.25, 0.3) is 0 Å². The van der Waals surface area contributed by atoms with Crippen molar-refractivity contribution in [1.82, 2.24) is 4.98 Å². The van der Waals surface area contributed by atoms with E-state index in [1.807, 2.05) is 49.1 Å². The molecule has 3 aromatic rings. The van der Waals surface area contributed by atoms with Crippen molar-refractivity contribution in [2.75, 3.05) is 25.7 Å². The van der Waals surface area contributed by atoms with Gasteiger partial charge in [-0.1, -0.05) is 42.5 Å². The lowest BCUT2D eigenvalue weighted by atomic mass is 10.0. The molecule has 1 saturated carbocycles. The summed E-state index contributed by atoms with van der Waals surface area (Å²) in [5, 5.41) is 0. The first-order valence-electron chi connectivity index (χ1n) is 12.2. The number of methoxy groups -OCH3 is 2. The lowest BCUT2D eigenvalue weighted by Crippen LogP contribution is -2.47. The highest BCUT2D eigenvalue weighted by atomic mass is 35.5. The zero-order valence-corrected chi connectivity index (χ0v) is 22.2. The quantitative estimate of drug-likeness (QED) is 0.397. The fraction of sp³-hybridized carbons (Fsp3) is 0.379. The Morgan fingerprint density at radius 1 is 1.00 bits per heavy atom. The van der Waals surface area contributed by atoms with E-state index in [0.29, 0.717) is 6.54 Å². The molecule has 192 valence electrons. The maximum absolute atomic E-state index is 13.6. The summed E-state index contributed by atoms with van der Waals surface area (Å²) in [6, 6.07) is 22.0. The number of carbonyl (C=O) groups excluding carboxylic acids is 1. The Balaban J connectivity index is 0.00000361. The molecule has 0 spiro atoms. The average Bonchev–Trinajstić information content (AvgIpc) is 3.72. The monoisotopic (exact) mass is 509 g/mol. The Hall–Kier alpha value is -2.77. The number of rotatable bonds is 10. The first-order chi connectivity index (χ1) is 16.9. The Kier molecular flexibility index (Phi) is 9.63. The summed E-state index contributed by atoms with van der Waals surface area (Å²) in [7, 11) is 3.35. The summed E-state index contributed by atoms with van der Waals surface area (Å²) in [5.41, 5.74) is 11.6. The van der Waals surface area contributed by atoms with Crippen LogP contribution in [0.4, 0.5) is 5.69 Å². The van der Waals surface area contributed by atoms with E-state index < -0.39 is 0 Å². The molecule has 0 unspecified atom stereocenters. The molecule has 6 nitrogen and oxygen atoms in total. The molecule has 1 aromatic heterocycles. The van der Waals surface area contributed by atoms with Crippen LogP contribution in [0.2, 0.25) is 0 Å². The summed E-state index contributed by atoms with van der Waals surface area (Å²) in [6.45, 7) is 4.35. The van der Waals surface area contributed by atoms with Crippen LogP contribution in [0.5, 0.6) is 0 Å². The van der Waals surface area contributed by atoms with Gasteiger partial charge in [0.2, 0.25) is 5.91 Å². The van der Waals surface area contributed by atoms with Crippen LogP contribution in [0.15, 0.2) is 72.9 Å². The van der Waals surface area contributed by atoms with E-state index in [-0.39, 0.29) is 48.4 Å². The van der Waals surface area contributed by atoms with E-state index in [2.05, 4.69) is 41.4 Å². The van der Waals surface area contributed by atoms with E-state index in [9.17, 15) is 4.79 Å². The number of benzene rings is 2. The van der Waals surface area contributed by atoms with Crippen LogP contribution in [0, 0.1) is 5.92 Å². The zero-order chi connectivity index (χ0) is 24.9. The average molecular weight is 510 g/mol. The number of nitrogens with two attached hydrogens (primary N) is 1. The number of aromatic nitrogens is 1. The second kappa shape index (κ2) is 12.5. The largest absolute Gasteiger partial charge is 0.380 e. The van der Waals surface area contributed by atoms with Crippen LogP contribution in [0.3, 0.4) is 0 Å². The van der Waals surface area contributed by atoms with Gasteiger partial charge in [0.05, 0.1) is 12.2 Å². The summed E-state index contributed by atoms with van der Waals surface area (Å²) in [6.07, 6.45) is 2.49. The van der Waals surface area contributed by atoms with Gasteiger partial charge < -0.3 is 20.1 Å². The van der Waals surface area contributed by atoms with Gasteiger partial charge in [-0.05, 0) is 61.2 Å². The Morgan fingerprint density at radius 2 is 1.64 bits per heavy atom. The third-order valence-corrected chi connectivity index (χ3v) is 7.06. The molecule has 0 bridgehead atoms. The molecular weight excluding hydrogens is 474 g/mol. The lowest BCUT2D eigenvalue weighted by Gasteiger charge is -2.29. The molecule has 1 fully saturated rings. The molecule has 4 rings (SSSR count). The van der Waals surface area contributed by atoms with Gasteiger partial charge in [0.1, 0.15) is 0 Å². The minimum absolute atomic E-state index is 0. The topological polar surface area (TPSA) is 77.7 Å². The number of carbonyl (C=O) groups is 1. The number of amides is 1. The minimum Gasteiger partial charge on any atom is -0.380 e. The highest BCUT2D eigenvalue weighted by Gasteiger charge is 2.47. The van der Waals surface area contributed by atoms with Gasteiger partial charge >= 0.3 is 0 Å². The molecule has 1 aliphatic carbocycles. The molecule has 0 radical (unpaired) electrons. The van der Waals surface area contributed by atoms with Crippen molar-refractivity contribution in [2.45, 2.75) is 44.4 Å². The van der Waals surface area contributed by atoms with Crippen LogP contribution in [-0.2, 0) is 14.3 Å². The molecule has 36 heavy (non-hydrogen) atoms. The Morgan fingerprint density at radius 3 is 2.19 bits per heavy atom. The second-order valence-electron chi connectivity index (χ2n) is 9.30. The molecule has 1 aliphatic rings. The summed E-state index contributed by atoms with van der Waals surface area (Å²) in [5.74, 6) is 0.171. The van der Waals surface area contributed by atoms with Crippen molar-refractivity contribution in [3.63, 3.8) is 0 Å². The van der Waals surface area contributed by atoms with Crippen LogP contribution in [-0.4, -0.2) is 43.8 Å². The zero-order valence-electron chi connectivity index (χ0n) is 21.3. The first kappa shape index (κ1) is 27.8. The SMILES string of the molecule is CO[C@H](C)c1ccc(-c2ccc(N(C[C@@H](N)[C@@H](C)OC)C(=O)[C@@H]3C[C@H]3c3ccccn3)cc2)cc1.Cl. The van der Waals surface area contributed by atoms with Gasteiger partial charge in [0, 0.05) is 56.2 Å². The molecule has 2 N–H and O–H groups in total. The first-order valence-corrected chi connectivity index (χ1v) is 12.2. The molecule has 0 aliphatic heterocycles. The lowest BCUT2D eigenvalue weighted by molar-refractivity contribution is -0.120. The third-order valence-electron chi connectivity index (χ3n) is 7.06. The van der Waals surface area contributed by atoms with E-state index >= 15 is 0 Å². The summed E-state index contributed by atoms with van der Waals surface area (Å²) in [4.78, 5) is 19.9. The van der Waals surface area contributed by atoms with Gasteiger partial charge in [-0.25, -0.2) is 0 Å². The predicted molar refractivity (Wildman–Crippen MR) is 146 cm³/mol. The number of hydrogen-bond acceptors (Lipinski definition) is 5. The van der Waals surface area contributed by atoms with Crippen LogP contribution in [0.1, 0.15) is 43.5 Å². The smallest absolute Gasteiger partial charge is 0.230 e. The molecule has 2 aromatic carbocycles. The van der Waals surface area contributed by atoms with Crippen molar-refractivity contribution in [3.8, 4) is 11.1 Å². The second-order valence-corrected chi connectivity index (χ2v) is 9.30. The number of halogens is 1. The molecule has 1 heterocycles. The fourth-order valence-corrected chi connectivity index (χ4v) is 4.36. The van der Waals surface area contributed by atoms with Crippen molar-refractivity contribution in [2.24, 2.45) is 11.7 Å². The number of hydrogen-bond donors (Lipinski definition) is 1. The molecule has 0 saturated heterocycles. The van der Waals surface area contributed by atoms with Crippen LogP contribution in [0.25, 0.3) is 11.1 Å². The maximum atomic E-state index is 13.6. The molecule has 5 atom stereocenters. The van der Waals surface area contributed by atoms with Crippen molar-refractivity contribution >= 4 is 24.0 Å². The van der Waals surface area contributed by atoms with E-state index in [1.165, 1.54) is 0 Å². The number of anilines is 1. The predicted octanol–water partition coefficient (Wildman–Crippen LogP) is 5.38. The van der Waals surface area contributed by atoms with Gasteiger partial charge in [0.15, 0.2) is 0 Å². The number of ether oxygens (including phenoxy) is 2. The number of nitrogens with zero attached hydrogens (tertiary/aromatic N) is 2. The Bertz CT molecular complexity index is 1110. The highest BCUT2D eigenvalue weighted by molar-refractivity contribution is 5.97. The van der Waals surface area contributed by atoms with E-state index in [4.69, 9.17) is 15.2 Å². The van der Waals surface area contributed by atoms with Crippen molar-refractivity contribution in [3.05, 3.63) is 84.2 Å². The van der Waals surface area contributed by atoms with Crippen LogP contribution >= 0.6 is 12.4 Å². The van der Waals surface area contributed by atoms with Gasteiger partial charge in [-0.3, -0.25) is 9.78 Å². The molecule has 7 heteroatoms. The molecular formula is C29H36ClN3O3. The Labute approximate surface area is 220 Å². The normalized spacial score (nSPS) is 19.0. The van der Waals surface area contributed by atoms with Crippen molar-refractivity contribution in [1.29, 1.82) is 0 Å². The van der Waals surface area contributed by atoms with E-state index in [0.717, 1.165) is 34.5 Å². The van der Waals surface area contributed by atoms with Crippen LogP contribution < -0.4 is 10.6 Å². The molecule has 1 amide bonds. The van der Waals surface area contributed by atoms with Gasteiger partial charge in [-0.2, -0.15) is 0 Å². The number of pyridine rings is 1. The van der Waals surface area contributed by atoms with E-state index in [1.54, 1.807) is 20.4 Å². The third kappa shape index (κ3) is 6.31. The summed E-state index contributed by atoms with van der Waals surface area (Å²) >= 11 is 0. The van der Waals surface area contributed by atoms with Gasteiger partial charge in [-0.15, -0.1) is 12.4 Å². The standard InChI is InChI=1S/C29H35N3O3.ClH/c1-19(34-3)21-8-10-22(11-9-21)23-12-14-24(15-13-23)32(18-27(30)20(2)35-4)29(33)26-17-25(26)28-7-5-6-16-31-28;/h5-16,19-20,25-27H,17-18,30H2,1-4H3;1H/t19-,20-,25-,26-,27-;/m1./s1. The summed E-state index contributed by atoms with van der Waals surface area (Å²) < 4.78 is 10.8. The van der Waals surface area contributed by atoms with Crippen molar-refractivity contribution < 1.29 is 14.3 Å². The fourth-order valence-electron chi connectivity index (χ4n) is 4.36. The maximum Gasteiger partial charge on any atom is 0.230 e. The highest BCUT2D eigenvalue weighted by Crippen LogP contribution is 2.48.